The zero-order valence-electron chi connectivity index (χ0n) is 17.1. The smallest absolute Gasteiger partial charge is 0.243 e. The van der Waals surface area contributed by atoms with Gasteiger partial charge in [-0.25, -0.2) is 8.42 Å². The average molecular weight is 448 g/mol. The van der Waals surface area contributed by atoms with Gasteiger partial charge in [-0.15, -0.1) is 0 Å². The van der Waals surface area contributed by atoms with Gasteiger partial charge in [0.2, 0.25) is 21.8 Å². The molecule has 0 unspecified atom stereocenters. The number of nitrogens with zero attached hydrogens (tertiary/aromatic N) is 1. The van der Waals surface area contributed by atoms with Crippen LogP contribution in [0.1, 0.15) is 24.9 Å². The lowest BCUT2D eigenvalue weighted by atomic mass is 10.0. The topological polar surface area (TPSA) is 125 Å². The molecule has 2 aromatic carbocycles. The molecule has 1 atom stereocenters. The lowest BCUT2D eigenvalue weighted by Crippen LogP contribution is -2.40. The van der Waals surface area contributed by atoms with Crippen LogP contribution in [0.2, 0.25) is 0 Å². The Hall–Kier alpha value is -2.95. The van der Waals surface area contributed by atoms with E-state index in [1.165, 1.54) is 29.4 Å². The molecule has 166 valence electrons. The number of carbonyl (C=O) groups excluding carboxylic acids is 2. The number of nitrogens with one attached hydrogen (secondary N) is 2. The highest BCUT2D eigenvalue weighted by Crippen LogP contribution is 2.29. The first-order chi connectivity index (χ1) is 14.8. The molecule has 0 aliphatic carbocycles. The highest BCUT2D eigenvalue weighted by molar-refractivity contribution is 7.89. The summed E-state index contributed by atoms with van der Waals surface area (Å²) in [6.07, 6.45) is -0.0938. The van der Waals surface area contributed by atoms with E-state index >= 15 is 0 Å². The third kappa shape index (κ3) is 5.81. The van der Waals surface area contributed by atoms with Crippen molar-refractivity contribution >= 4 is 27.5 Å². The van der Waals surface area contributed by atoms with Crippen molar-refractivity contribution < 1.29 is 27.9 Å². The summed E-state index contributed by atoms with van der Waals surface area (Å²) in [5.74, 6) is -1.04. The van der Waals surface area contributed by atoms with Crippen molar-refractivity contribution in [3.63, 3.8) is 0 Å². The number of morpholine rings is 1. The molecule has 0 radical (unpaired) electrons. The number of aromatic hydroxyl groups is 1. The number of benzene rings is 2. The first kappa shape index (κ1) is 22.7. The van der Waals surface area contributed by atoms with Crippen LogP contribution in [0.4, 0.5) is 5.69 Å². The molecular formula is C21H25N3O6S. The maximum atomic E-state index is 12.8. The van der Waals surface area contributed by atoms with Gasteiger partial charge in [-0.1, -0.05) is 30.3 Å². The van der Waals surface area contributed by atoms with Crippen molar-refractivity contribution in [3.05, 3.63) is 54.1 Å². The number of ether oxygens (including phenoxy) is 1. The molecule has 1 aliphatic heterocycles. The lowest BCUT2D eigenvalue weighted by molar-refractivity contribution is -0.120. The van der Waals surface area contributed by atoms with Gasteiger partial charge < -0.3 is 20.5 Å². The minimum Gasteiger partial charge on any atom is -0.506 e. The van der Waals surface area contributed by atoms with Crippen LogP contribution in [-0.2, 0) is 24.3 Å². The molecule has 0 saturated carbocycles. The lowest BCUT2D eigenvalue weighted by Gasteiger charge is -2.26. The molecule has 0 aromatic heterocycles. The van der Waals surface area contributed by atoms with E-state index in [0.29, 0.717) is 13.2 Å². The second-order valence-electron chi connectivity index (χ2n) is 7.11. The Bertz CT molecular complexity index is 1040. The van der Waals surface area contributed by atoms with Gasteiger partial charge in [-0.2, -0.15) is 4.31 Å². The highest BCUT2D eigenvalue weighted by atomic mass is 32.2. The Morgan fingerprint density at radius 1 is 1.13 bits per heavy atom. The van der Waals surface area contributed by atoms with Gasteiger partial charge in [-0.05, 0) is 23.8 Å². The summed E-state index contributed by atoms with van der Waals surface area (Å²) in [6.45, 7) is 2.45. The first-order valence-electron chi connectivity index (χ1n) is 9.80. The highest BCUT2D eigenvalue weighted by Gasteiger charge is 2.27. The molecule has 2 aromatic rings. The number of anilines is 1. The van der Waals surface area contributed by atoms with Gasteiger partial charge in [0.25, 0.3) is 0 Å². The predicted octanol–water partition coefficient (Wildman–Crippen LogP) is 1.62. The molecule has 3 N–H and O–H groups in total. The van der Waals surface area contributed by atoms with Crippen LogP contribution in [-0.4, -0.2) is 55.9 Å². The monoisotopic (exact) mass is 447 g/mol. The Labute approximate surface area is 181 Å². The molecule has 1 heterocycles. The average Bonchev–Trinajstić information content (AvgIpc) is 2.75. The minimum atomic E-state index is -3.79. The summed E-state index contributed by atoms with van der Waals surface area (Å²) >= 11 is 0. The Morgan fingerprint density at radius 2 is 1.81 bits per heavy atom. The SMILES string of the molecule is CC(=O)N[C@H](CC(=O)Nc1cc(S(=O)(=O)N2CCOCC2)ccc1O)c1ccccc1. The second kappa shape index (κ2) is 9.90. The van der Waals surface area contributed by atoms with E-state index in [2.05, 4.69) is 10.6 Å². The van der Waals surface area contributed by atoms with E-state index in [1.807, 2.05) is 6.07 Å². The maximum Gasteiger partial charge on any atom is 0.243 e. The summed E-state index contributed by atoms with van der Waals surface area (Å²) in [7, 11) is -3.79. The van der Waals surface area contributed by atoms with Crippen molar-refractivity contribution in [1.82, 2.24) is 9.62 Å². The summed E-state index contributed by atoms with van der Waals surface area (Å²) in [5, 5.41) is 15.4. The van der Waals surface area contributed by atoms with Gasteiger partial charge in [0.1, 0.15) is 5.75 Å². The molecule has 1 aliphatic rings. The van der Waals surface area contributed by atoms with Crippen LogP contribution in [0.5, 0.6) is 5.75 Å². The van der Waals surface area contributed by atoms with Crippen LogP contribution in [0.25, 0.3) is 0 Å². The molecule has 2 amide bonds. The summed E-state index contributed by atoms with van der Waals surface area (Å²) < 4.78 is 32.2. The van der Waals surface area contributed by atoms with Gasteiger partial charge in [0.15, 0.2) is 0 Å². The van der Waals surface area contributed by atoms with Crippen LogP contribution in [0, 0.1) is 0 Å². The molecule has 0 bridgehead atoms. The third-order valence-corrected chi connectivity index (χ3v) is 6.71. The number of carbonyl (C=O) groups is 2. The Kier molecular flexibility index (Phi) is 7.26. The first-order valence-corrected chi connectivity index (χ1v) is 11.2. The minimum absolute atomic E-state index is 0.0195. The van der Waals surface area contributed by atoms with Gasteiger partial charge in [0.05, 0.1) is 36.3 Å². The molecule has 31 heavy (non-hydrogen) atoms. The van der Waals surface area contributed by atoms with E-state index in [-0.39, 0.29) is 41.7 Å². The molecular weight excluding hydrogens is 422 g/mol. The maximum absolute atomic E-state index is 12.8. The summed E-state index contributed by atoms with van der Waals surface area (Å²) in [4.78, 5) is 24.2. The van der Waals surface area contributed by atoms with Crippen LogP contribution < -0.4 is 10.6 Å². The molecule has 10 heteroatoms. The van der Waals surface area contributed by atoms with E-state index < -0.39 is 22.0 Å². The third-order valence-electron chi connectivity index (χ3n) is 4.82. The van der Waals surface area contributed by atoms with Crippen molar-refractivity contribution in [2.45, 2.75) is 24.3 Å². The van der Waals surface area contributed by atoms with Crippen LogP contribution in [0.3, 0.4) is 0 Å². The fraction of sp³-hybridized carbons (Fsp3) is 0.333. The normalized spacial score (nSPS) is 15.8. The quantitative estimate of drug-likeness (QED) is 0.554. The summed E-state index contributed by atoms with van der Waals surface area (Å²) in [5.41, 5.74) is 0.731. The van der Waals surface area contributed by atoms with Crippen molar-refractivity contribution in [3.8, 4) is 5.75 Å². The number of amides is 2. The number of hydrogen-bond donors (Lipinski definition) is 3. The standard InChI is InChI=1S/C21H25N3O6S/c1-15(25)22-18(16-5-3-2-4-6-16)14-21(27)23-19-13-17(7-8-20(19)26)31(28,29)24-9-11-30-12-10-24/h2-8,13,18,26H,9-12,14H2,1H3,(H,22,25)(H,23,27)/t18-/m1/s1. The summed E-state index contributed by atoms with van der Waals surface area (Å²) in [6, 6.07) is 12.2. The molecule has 0 spiro atoms. The van der Waals surface area contributed by atoms with Crippen molar-refractivity contribution in [1.29, 1.82) is 0 Å². The van der Waals surface area contributed by atoms with Crippen LogP contribution in [0.15, 0.2) is 53.4 Å². The molecule has 1 fully saturated rings. The zero-order valence-corrected chi connectivity index (χ0v) is 17.9. The fourth-order valence-electron chi connectivity index (χ4n) is 3.28. The second-order valence-corrected chi connectivity index (χ2v) is 9.05. The molecule has 1 saturated heterocycles. The number of hydrogen-bond acceptors (Lipinski definition) is 6. The van der Waals surface area contributed by atoms with Crippen molar-refractivity contribution in [2.24, 2.45) is 0 Å². The van der Waals surface area contributed by atoms with Gasteiger partial charge in [-0.3, -0.25) is 9.59 Å². The fourth-order valence-corrected chi connectivity index (χ4v) is 4.72. The number of sulfonamides is 1. The van der Waals surface area contributed by atoms with Gasteiger partial charge >= 0.3 is 0 Å². The van der Waals surface area contributed by atoms with E-state index in [4.69, 9.17) is 4.74 Å². The number of phenols is 1. The van der Waals surface area contributed by atoms with Gasteiger partial charge in [0, 0.05) is 20.0 Å². The Balaban J connectivity index is 1.77. The number of rotatable bonds is 7. The van der Waals surface area contributed by atoms with E-state index in [0.717, 1.165) is 5.56 Å². The predicted molar refractivity (Wildman–Crippen MR) is 114 cm³/mol. The largest absolute Gasteiger partial charge is 0.506 e. The van der Waals surface area contributed by atoms with Crippen molar-refractivity contribution in [2.75, 3.05) is 31.6 Å². The molecule has 3 rings (SSSR count). The Morgan fingerprint density at radius 3 is 2.45 bits per heavy atom. The van der Waals surface area contributed by atoms with Crippen LogP contribution >= 0.6 is 0 Å². The molecule has 9 nitrogen and oxygen atoms in total. The van der Waals surface area contributed by atoms with E-state index in [1.54, 1.807) is 24.3 Å². The van der Waals surface area contributed by atoms with E-state index in [9.17, 15) is 23.1 Å². The number of phenolic OH excluding ortho intramolecular Hbond substituents is 1. The zero-order chi connectivity index (χ0) is 22.4.